The van der Waals surface area contributed by atoms with Crippen LogP contribution in [0.2, 0.25) is 0 Å². The van der Waals surface area contributed by atoms with E-state index in [0.29, 0.717) is 0 Å². The third-order valence-electron chi connectivity index (χ3n) is 2.54. The van der Waals surface area contributed by atoms with Crippen molar-refractivity contribution >= 4 is 16.8 Å². The first kappa shape index (κ1) is 13.7. The fourth-order valence-electron chi connectivity index (χ4n) is 1.15. The Bertz CT molecular complexity index is 423. The van der Waals surface area contributed by atoms with Gasteiger partial charge in [-0.15, -0.1) is 0 Å². The van der Waals surface area contributed by atoms with E-state index in [0.717, 1.165) is 11.3 Å². The van der Waals surface area contributed by atoms with Crippen LogP contribution in [0.3, 0.4) is 0 Å². The number of benzene rings is 1. The van der Waals surface area contributed by atoms with Crippen molar-refractivity contribution in [2.45, 2.75) is 24.3 Å². The van der Waals surface area contributed by atoms with Crippen LogP contribution in [0.15, 0.2) is 24.3 Å². The molecule has 0 radical (unpaired) electrons. The summed E-state index contributed by atoms with van der Waals surface area (Å²) in [7, 11) is 0.110. The topological polar surface area (TPSA) is 63.6 Å². The van der Waals surface area contributed by atoms with E-state index in [1.807, 2.05) is 0 Å². The molecule has 4 nitrogen and oxygen atoms in total. The van der Waals surface area contributed by atoms with Crippen molar-refractivity contribution in [2.24, 2.45) is 0 Å². The lowest BCUT2D eigenvalue weighted by atomic mass is 10.2. The van der Waals surface area contributed by atoms with Crippen molar-refractivity contribution in [2.75, 3.05) is 7.11 Å². The molecule has 0 fully saturated rings. The lowest BCUT2D eigenvalue weighted by Gasteiger charge is -2.18. The summed E-state index contributed by atoms with van der Waals surface area (Å²) < 4.78 is 15.7. The smallest absolute Gasteiger partial charge is 0.321 e. The Hall–Kier alpha value is -1.36. The summed E-state index contributed by atoms with van der Waals surface area (Å²) in [5, 5.41) is 8.96. The zero-order valence-corrected chi connectivity index (χ0v) is 10.9. The van der Waals surface area contributed by atoms with E-state index in [9.17, 15) is 9.00 Å². The zero-order valence-electron chi connectivity index (χ0n) is 10.1. The van der Waals surface area contributed by atoms with Gasteiger partial charge in [0.05, 0.1) is 7.11 Å². The third kappa shape index (κ3) is 3.30. The standard InChI is InChI=1S/C12H16O4S/c1-12(2,11(13)14)17(15)8-9-4-6-10(16-3)7-5-9/h4-7H,8H2,1-3H3,(H,13,14). The van der Waals surface area contributed by atoms with Gasteiger partial charge >= 0.3 is 5.97 Å². The number of hydrogen-bond acceptors (Lipinski definition) is 3. The van der Waals surface area contributed by atoms with Crippen molar-refractivity contribution in [3.8, 4) is 5.75 Å². The molecular formula is C12H16O4S. The van der Waals surface area contributed by atoms with Crippen molar-refractivity contribution in [3.63, 3.8) is 0 Å². The molecule has 0 aliphatic heterocycles. The van der Waals surface area contributed by atoms with Crippen molar-refractivity contribution < 1.29 is 18.8 Å². The van der Waals surface area contributed by atoms with Gasteiger partial charge in [0.1, 0.15) is 10.5 Å². The van der Waals surface area contributed by atoms with Crippen molar-refractivity contribution in [1.29, 1.82) is 0 Å². The van der Waals surface area contributed by atoms with Gasteiger partial charge in [-0.25, -0.2) is 0 Å². The summed E-state index contributed by atoms with van der Waals surface area (Å²) >= 11 is 0. The summed E-state index contributed by atoms with van der Waals surface area (Å²) in [4.78, 5) is 10.9. The Labute approximate surface area is 103 Å². The van der Waals surface area contributed by atoms with E-state index in [1.165, 1.54) is 13.8 Å². The maximum atomic E-state index is 11.9. The fraction of sp³-hybridized carbons (Fsp3) is 0.417. The molecule has 0 aliphatic rings. The van der Waals surface area contributed by atoms with E-state index in [4.69, 9.17) is 9.84 Å². The molecule has 0 aromatic heterocycles. The number of carboxylic acid groups (broad SMARTS) is 1. The van der Waals surface area contributed by atoms with E-state index in [2.05, 4.69) is 0 Å². The molecule has 5 heteroatoms. The minimum absolute atomic E-state index is 0.225. The lowest BCUT2D eigenvalue weighted by Crippen LogP contribution is -2.37. The molecule has 0 saturated carbocycles. The fourth-order valence-corrected chi connectivity index (χ4v) is 2.20. The van der Waals surface area contributed by atoms with Crippen LogP contribution in [-0.2, 0) is 21.3 Å². The van der Waals surface area contributed by atoms with Gasteiger partial charge in [-0.3, -0.25) is 9.00 Å². The minimum Gasteiger partial charge on any atom is -0.497 e. The highest BCUT2D eigenvalue weighted by atomic mass is 32.2. The normalized spacial score (nSPS) is 13.1. The number of carboxylic acids is 1. The van der Waals surface area contributed by atoms with Crippen molar-refractivity contribution in [1.82, 2.24) is 0 Å². The SMILES string of the molecule is COc1ccc(CS(=O)C(C)(C)C(=O)O)cc1. The zero-order chi connectivity index (χ0) is 13.1. The Morgan fingerprint density at radius 2 is 1.88 bits per heavy atom. The quantitative estimate of drug-likeness (QED) is 0.872. The van der Waals surface area contributed by atoms with Crippen LogP contribution < -0.4 is 4.74 Å². The molecule has 1 atom stereocenters. The van der Waals surface area contributed by atoms with Gasteiger partial charge in [-0.2, -0.15) is 0 Å². The monoisotopic (exact) mass is 256 g/mol. The van der Waals surface area contributed by atoms with Gasteiger partial charge in [0, 0.05) is 16.6 Å². The number of aliphatic carboxylic acids is 1. The number of rotatable bonds is 5. The number of ether oxygens (including phenoxy) is 1. The van der Waals surface area contributed by atoms with Crippen LogP contribution >= 0.6 is 0 Å². The lowest BCUT2D eigenvalue weighted by molar-refractivity contribution is -0.139. The molecule has 0 bridgehead atoms. The van der Waals surface area contributed by atoms with Gasteiger partial charge in [-0.1, -0.05) is 12.1 Å². The van der Waals surface area contributed by atoms with Gasteiger partial charge in [0.2, 0.25) is 0 Å². The molecule has 0 heterocycles. The van der Waals surface area contributed by atoms with E-state index in [1.54, 1.807) is 31.4 Å². The Morgan fingerprint density at radius 1 is 1.35 bits per heavy atom. The van der Waals surface area contributed by atoms with Crippen LogP contribution in [0, 0.1) is 0 Å². The molecule has 1 aromatic carbocycles. The van der Waals surface area contributed by atoms with Gasteiger partial charge in [0.15, 0.2) is 0 Å². The van der Waals surface area contributed by atoms with Crippen LogP contribution in [0.5, 0.6) is 5.75 Å². The summed E-state index contributed by atoms with van der Waals surface area (Å²) in [6.07, 6.45) is 0. The highest BCUT2D eigenvalue weighted by Gasteiger charge is 2.34. The van der Waals surface area contributed by atoms with Gasteiger partial charge < -0.3 is 9.84 Å². The average Bonchev–Trinajstić information content (AvgIpc) is 2.29. The first-order valence-corrected chi connectivity index (χ1v) is 6.44. The Kier molecular flexibility index (Phi) is 4.28. The van der Waals surface area contributed by atoms with E-state index < -0.39 is 21.5 Å². The van der Waals surface area contributed by atoms with Crippen LogP contribution in [0.1, 0.15) is 19.4 Å². The second-order valence-corrected chi connectivity index (χ2v) is 6.15. The summed E-state index contributed by atoms with van der Waals surface area (Å²) in [5.74, 6) is -0.107. The number of carbonyl (C=O) groups is 1. The molecule has 0 aliphatic carbocycles. The molecule has 0 spiro atoms. The highest BCUT2D eigenvalue weighted by Crippen LogP contribution is 2.19. The van der Waals surface area contributed by atoms with Gasteiger partial charge in [-0.05, 0) is 31.5 Å². The average molecular weight is 256 g/mol. The Morgan fingerprint density at radius 3 is 2.29 bits per heavy atom. The largest absolute Gasteiger partial charge is 0.497 e. The first-order chi connectivity index (χ1) is 7.87. The predicted molar refractivity (Wildman–Crippen MR) is 66.6 cm³/mol. The van der Waals surface area contributed by atoms with E-state index in [-0.39, 0.29) is 5.75 Å². The predicted octanol–water partition coefficient (Wildman–Crippen LogP) is 1.81. The third-order valence-corrected chi connectivity index (χ3v) is 4.45. The second kappa shape index (κ2) is 5.31. The van der Waals surface area contributed by atoms with Gasteiger partial charge in [0.25, 0.3) is 0 Å². The molecule has 1 aromatic rings. The summed E-state index contributed by atoms with van der Waals surface area (Å²) in [5.41, 5.74) is 0.832. The maximum Gasteiger partial charge on any atom is 0.321 e. The van der Waals surface area contributed by atoms with Crippen LogP contribution in [0.25, 0.3) is 0 Å². The molecule has 0 saturated heterocycles. The summed E-state index contributed by atoms with van der Waals surface area (Å²) in [6.45, 7) is 2.93. The minimum atomic E-state index is -1.46. The molecule has 1 unspecified atom stereocenters. The van der Waals surface area contributed by atoms with Crippen LogP contribution in [-0.4, -0.2) is 27.1 Å². The molecule has 0 amide bonds. The first-order valence-electron chi connectivity index (χ1n) is 5.12. The summed E-state index contributed by atoms with van der Waals surface area (Å²) in [6, 6.07) is 7.10. The second-order valence-electron chi connectivity index (χ2n) is 4.15. The number of methoxy groups -OCH3 is 1. The number of hydrogen-bond donors (Lipinski definition) is 1. The van der Waals surface area contributed by atoms with Crippen molar-refractivity contribution in [3.05, 3.63) is 29.8 Å². The molecular weight excluding hydrogens is 240 g/mol. The van der Waals surface area contributed by atoms with Crippen LogP contribution in [0.4, 0.5) is 0 Å². The molecule has 1 rings (SSSR count). The molecule has 94 valence electrons. The molecule has 17 heavy (non-hydrogen) atoms. The highest BCUT2D eigenvalue weighted by molar-refractivity contribution is 7.86. The van der Waals surface area contributed by atoms with E-state index >= 15 is 0 Å². The Balaban J connectivity index is 2.77. The maximum absolute atomic E-state index is 11.9. The molecule has 1 N–H and O–H groups in total.